The molecule has 0 radical (unpaired) electrons. The average molecular weight is 294 g/mol. The number of thiophene rings is 1. The maximum absolute atomic E-state index is 11.4. The van der Waals surface area contributed by atoms with E-state index in [0.717, 1.165) is 16.8 Å². The van der Waals surface area contributed by atoms with Crippen LogP contribution in [-0.4, -0.2) is 40.9 Å². The van der Waals surface area contributed by atoms with Crippen molar-refractivity contribution < 1.29 is 4.79 Å². The zero-order valence-electron chi connectivity index (χ0n) is 11.5. The molecule has 0 aliphatic rings. The Labute approximate surface area is 121 Å². The first-order chi connectivity index (χ1) is 9.67. The van der Waals surface area contributed by atoms with Crippen LogP contribution in [0.3, 0.4) is 0 Å². The molecule has 0 aromatic carbocycles. The lowest BCUT2D eigenvalue weighted by atomic mass is 10.3. The van der Waals surface area contributed by atoms with Crippen LogP contribution in [0.5, 0.6) is 0 Å². The van der Waals surface area contributed by atoms with E-state index in [1.165, 1.54) is 11.3 Å². The van der Waals surface area contributed by atoms with Gasteiger partial charge in [-0.2, -0.15) is 0 Å². The minimum atomic E-state index is -0.0266. The molecule has 108 valence electrons. The van der Waals surface area contributed by atoms with Crippen LogP contribution < -0.4 is 16.6 Å². The van der Waals surface area contributed by atoms with Crippen molar-refractivity contribution in [3.8, 4) is 0 Å². The van der Waals surface area contributed by atoms with Crippen LogP contribution in [0.1, 0.15) is 12.7 Å². The first-order valence-electron chi connectivity index (χ1n) is 6.31. The van der Waals surface area contributed by atoms with Crippen molar-refractivity contribution in [3.05, 3.63) is 17.3 Å². The number of amides is 1. The van der Waals surface area contributed by atoms with Crippen LogP contribution in [0.15, 0.2) is 11.4 Å². The lowest BCUT2D eigenvalue weighted by Crippen LogP contribution is -2.35. The number of likely N-dealkylation sites (N-methyl/N-ethyl adjacent to an activating group) is 2. The van der Waals surface area contributed by atoms with E-state index in [1.807, 2.05) is 23.3 Å². The number of nitrogens with two attached hydrogens (primary N) is 1. The molecule has 2 aromatic rings. The van der Waals surface area contributed by atoms with Gasteiger partial charge in [0.1, 0.15) is 10.7 Å². The molecule has 4 N–H and O–H groups in total. The third-order valence-electron chi connectivity index (χ3n) is 2.97. The minimum Gasteiger partial charge on any atom is -0.358 e. The van der Waals surface area contributed by atoms with E-state index >= 15 is 0 Å². The fourth-order valence-corrected chi connectivity index (χ4v) is 2.62. The highest BCUT2D eigenvalue weighted by molar-refractivity contribution is 7.16. The number of nitrogens with one attached hydrogen (secondary N) is 2. The molecule has 0 bridgehead atoms. The Kier molecular flexibility index (Phi) is 4.83. The van der Waals surface area contributed by atoms with E-state index in [1.54, 1.807) is 7.05 Å². The van der Waals surface area contributed by atoms with E-state index < -0.39 is 0 Å². The van der Waals surface area contributed by atoms with Gasteiger partial charge < -0.3 is 10.7 Å². The van der Waals surface area contributed by atoms with Crippen molar-refractivity contribution >= 4 is 33.3 Å². The van der Waals surface area contributed by atoms with Crippen molar-refractivity contribution in [2.75, 3.05) is 25.6 Å². The molecule has 8 heteroatoms. The van der Waals surface area contributed by atoms with Crippen LogP contribution in [-0.2, 0) is 11.3 Å². The van der Waals surface area contributed by atoms with Gasteiger partial charge in [0.25, 0.3) is 0 Å². The number of nitrogen functional groups attached to an aromatic ring is 1. The smallest absolute Gasteiger partial charge is 0.233 e. The summed E-state index contributed by atoms with van der Waals surface area (Å²) in [6, 6.07) is 1.93. The summed E-state index contributed by atoms with van der Waals surface area (Å²) in [4.78, 5) is 23.2. The molecule has 2 rings (SSSR count). The number of hydrazine groups is 1. The zero-order valence-corrected chi connectivity index (χ0v) is 12.3. The Bertz CT molecular complexity index is 599. The Balaban J connectivity index is 2.21. The minimum absolute atomic E-state index is 0.0266. The largest absolute Gasteiger partial charge is 0.358 e. The Hall–Kier alpha value is -1.77. The average Bonchev–Trinajstić information content (AvgIpc) is 2.93. The summed E-state index contributed by atoms with van der Waals surface area (Å²) in [5, 5.41) is 5.47. The molecule has 20 heavy (non-hydrogen) atoms. The molecular weight excluding hydrogens is 276 g/mol. The monoisotopic (exact) mass is 294 g/mol. The molecule has 0 spiro atoms. The maximum atomic E-state index is 11.4. The molecule has 0 atom stereocenters. The molecule has 2 heterocycles. The van der Waals surface area contributed by atoms with Crippen LogP contribution in [0.4, 0.5) is 5.82 Å². The summed E-state index contributed by atoms with van der Waals surface area (Å²) in [5.74, 6) is 6.73. The van der Waals surface area contributed by atoms with Crippen molar-refractivity contribution in [1.29, 1.82) is 0 Å². The highest BCUT2D eigenvalue weighted by Gasteiger charge is 2.13. The quantitative estimate of drug-likeness (QED) is 0.532. The summed E-state index contributed by atoms with van der Waals surface area (Å²) in [7, 11) is 1.63. The molecule has 0 aliphatic heterocycles. The Morgan fingerprint density at radius 2 is 2.30 bits per heavy atom. The van der Waals surface area contributed by atoms with E-state index in [2.05, 4.69) is 20.7 Å². The van der Waals surface area contributed by atoms with Gasteiger partial charge in [-0.05, 0) is 18.0 Å². The topological polar surface area (TPSA) is 96.2 Å². The molecule has 0 fully saturated rings. The van der Waals surface area contributed by atoms with Gasteiger partial charge in [-0.15, -0.1) is 11.3 Å². The number of hydrogen-bond donors (Lipinski definition) is 3. The van der Waals surface area contributed by atoms with Crippen LogP contribution >= 0.6 is 11.3 Å². The van der Waals surface area contributed by atoms with E-state index in [9.17, 15) is 4.79 Å². The summed E-state index contributed by atoms with van der Waals surface area (Å²) in [6.07, 6.45) is 0. The number of anilines is 1. The van der Waals surface area contributed by atoms with Crippen molar-refractivity contribution in [3.63, 3.8) is 0 Å². The fourth-order valence-electron chi connectivity index (χ4n) is 1.84. The summed E-state index contributed by atoms with van der Waals surface area (Å²) in [5.41, 5.74) is 2.60. The first-order valence-corrected chi connectivity index (χ1v) is 7.19. The zero-order chi connectivity index (χ0) is 14.5. The van der Waals surface area contributed by atoms with Crippen LogP contribution in [0, 0.1) is 0 Å². The molecule has 2 aromatic heterocycles. The highest BCUT2D eigenvalue weighted by Crippen LogP contribution is 2.24. The maximum Gasteiger partial charge on any atom is 0.233 e. The van der Waals surface area contributed by atoms with Gasteiger partial charge in [0.2, 0.25) is 5.91 Å². The van der Waals surface area contributed by atoms with Gasteiger partial charge in [-0.25, -0.2) is 15.8 Å². The number of rotatable bonds is 6. The standard InChI is InChI=1S/C12H18N6OS/c1-3-18(7-10(19)14-2)6-9-15-11(17-13)8-4-5-20-12(8)16-9/h4-5H,3,6-7,13H2,1-2H3,(H,14,19)(H,15,16,17). The van der Waals surface area contributed by atoms with Crippen molar-refractivity contribution in [2.45, 2.75) is 13.5 Å². The highest BCUT2D eigenvalue weighted by atomic mass is 32.1. The lowest BCUT2D eigenvalue weighted by molar-refractivity contribution is -0.121. The van der Waals surface area contributed by atoms with Gasteiger partial charge in [0.05, 0.1) is 18.5 Å². The van der Waals surface area contributed by atoms with E-state index in [0.29, 0.717) is 24.7 Å². The number of fused-ring (bicyclic) bond motifs is 1. The van der Waals surface area contributed by atoms with Gasteiger partial charge >= 0.3 is 0 Å². The molecule has 1 amide bonds. The SMILES string of the molecule is CCN(CC(=O)NC)Cc1nc(NN)c2ccsc2n1. The molecule has 0 saturated carbocycles. The van der Waals surface area contributed by atoms with Crippen LogP contribution in [0.25, 0.3) is 10.2 Å². The second-order valence-electron chi connectivity index (χ2n) is 4.25. The molecule has 0 aliphatic carbocycles. The predicted molar refractivity (Wildman–Crippen MR) is 80.2 cm³/mol. The summed E-state index contributed by atoms with van der Waals surface area (Å²) < 4.78 is 0. The lowest BCUT2D eigenvalue weighted by Gasteiger charge is -2.18. The van der Waals surface area contributed by atoms with Crippen molar-refractivity contribution in [2.24, 2.45) is 5.84 Å². The Morgan fingerprint density at radius 1 is 1.50 bits per heavy atom. The van der Waals surface area contributed by atoms with Crippen LogP contribution in [0.2, 0.25) is 0 Å². The van der Waals surface area contributed by atoms with Gasteiger partial charge in [-0.1, -0.05) is 6.92 Å². The van der Waals surface area contributed by atoms with Crippen molar-refractivity contribution in [1.82, 2.24) is 20.2 Å². The number of carbonyl (C=O) groups excluding carboxylic acids is 1. The summed E-state index contributed by atoms with van der Waals surface area (Å²) in [6.45, 7) is 3.57. The Morgan fingerprint density at radius 3 is 2.95 bits per heavy atom. The summed E-state index contributed by atoms with van der Waals surface area (Å²) >= 11 is 1.54. The number of carbonyl (C=O) groups is 1. The van der Waals surface area contributed by atoms with Gasteiger partial charge in [-0.3, -0.25) is 9.69 Å². The molecule has 0 unspecified atom stereocenters. The third-order valence-corrected chi connectivity index (χ3v) is 3.77. The molecular formula is C12H18N6OS. The van der Waals surface area contributed by atoms with E-state index in [4.69, 9.17) is 5.84 Å². The number of hydrogen-bond acceptors (Lipinski definition) is 7. The fraction of sp³-hybridized carbons (Fsp3) is 0.417. The third kappa shape index (κ3) is 3.21. The normalized spacial score (nSPS) is 11.0. The molecule has 0 saturated heterocycles. The first kappa shape index (κ1) is 14.6. The van der Waals surface area contributed by atoms with E-state index in [-0.39, 0.29) is 5.91 Å². The number of aromatic nitrogens is 2. The predicted octanol–water partition coefficient (Wildman–Crippen LogP) is 0.545. The second-order valence-corrected chi connectivity index (χ2v) is 5.14. The van der Waals surface area contributed by atoms with Gasteiger partial charge in [0, 0.05) is 7.05 Å². The van der Waals surface area contributed by atoms with Gasteiger partial charge in [0.15, 0.2) is 5.82 Å². The number of nitrogens with zero attached hydrogens (tertiary/aromatic N) is 3. The second kappa shape index (κ2) is 6.60. The molecule has 7 nitrogen and oxygen atoms in total.